The minimum absolute atomic E-state index is 0.247. The number of halogens is 3. The molecule has 2 N–H and O–H groups in total. The molecule has 0 radical (unpaired) electrons. The summed E-state index contributed by atoms with van der Waals surface area (Å²) in [6.07, 6.45) is -1.39. The van der Waals surface area contributed by atoms with Crippen LogP contribution >= 0.6 is 0 Å². The zero-order valence-electron chi connectivity index (χ0n) is 15.4. The maximum absolute atomic E-state index is 13.6. The normalized spacial score (nSPS) is 11.3. The molecule has 2 aromatic carbocycles. The Bertz CT molecular complexity index is 936. The van der Waals surface area contributed by atoms with Gasteiger partial charge in [0.2, 0.25) is 0 Å². The third kappa shape index (κ3) is 5.71. The van der Waals surface area contributed by atoms with Crippen molar-refractivity contribution >= 4 is 23.5 Å². The van der Waals surface area contributed by atoms with Crippen molar-refractivity contribution in [3.05, 3.63) is 59.4 Å². The highest BCUT2D eigenvalue weighted by atomic mass is 19.2. The molecule has 0 aliphatic carbocycles. The van der Waals surface area contributed by atoms with Gasteiger partial charge < -0.3 is 20.1 Å². The van der Waals surface area contributed by atoms with E-state index in [1.54, 1.807) is 12.1 Å². The van der Waals surface area contributed by atoms with Crippen LogP contribution in [0.1, 0.15) is 17.3 Å². The zero-order valence-corrected chi connectivity index (χ0v) is 15.4. The van der Waals surface area contributed by atoms with Crippen LogP contribution in [-0.4, -0.2) is 37.5 Å². The van der Waals surface area contributed by atoms with E-state index in [0.717, 1.165) is 6.07 Å². The van der Waals surface area contributed by atoms with Gasteiger partial charge in [-0.1, -0.05) is 6.07 Å². The molecule has 0 aliphatic heterocycles. The summed E-state index contributed by atoms with van der Waals surface area (Å²) in [5.41, 5.74) is -0.361. The van der Waals surface area contributed by atoms with E-state index in [-0.39, 0.29) is 5.56 Å². The van der Waals surface area contributed by atoms with Gasteiger partial charge in [0.25, 0.3) is 11.8 Å². The first-order chi connectivity index (χ1) is 13.7. The molecule has 2 amide bonds. The van der Waals surface area contributed by atoms with Crippen molar-refractivity contribution in [2.45, 2.75) is 13.0 Å². The number of hydrogen-bond donors (Lipinski definition) is 2. The molecule has 0 saturated carbocycles. The number of methoxy groups -OCH3 is 1. The molecule has 1 atom stereocenters. The van der Waals surface area contributed by atoms with E-state index in [9.17, 15) is 27.6 Å². The van der Waals surface area contributed by atoms with E-state index < -0.39 is 53.6 Å². The van der Waals surface area contributed by atoms with E-state index in [1.165, 1.54) is 26.2 Å². The maximum Gasteiger partial charge on any atom is 0.326 e. The molecule has 0 fully saturated rings. The summed E-state index contributed by atoms with van der Waals surface area (Å²) in [6, 6.07) is 7.67. The number of hydrogen-bond acceptors (Lipinski definition) is 5. The van der Waals surface area contributed by atoms with Crippen molar-refractivity contribution in [3.8, 4) is 5.75 Å². The summed E-state index contributed by atoms with van der Waals surface area (Å²) >= 11 is 0. The van der Waals surface area contributed by atoms with Crippen LogP contribution < -0.4 is 15.4 Å². The second-order valence-corrected chi connectivity index (χ2v) is 5.76. The zero-order chi connectivity index (χ0) is 21.6. The highest BCUT2D eigenvalue weighted by Gasteiger charge is 2.21. The van der Waals surface area contributed by atoms with Crippen LogP contribution in [0.5, 0.6) is 5.75 Å². The number of anilines is 1. The van der Waals surface area contributed by atoms with Gasteiger partial charge in [-0.15, -0.1) is 0 Å². The molecule has 0 unspecified atom stereocenters. The number of benzene rings is 2. The van der Waals surface area contributed by atoms with Crippen molar-refractivity contribution in [2.75, 3.05) is 19.0 Å². The molecule has 0 aliphatic rings. The predicted molar refractivity (Wildman–Crippen MR) is 95.8 cm³/mol. The Morgan fingerprint density at radius 1 is 1.07 bits per heavy atom. The molecular weight excluding hydrogens is 393 g/mol. The van der Waals surface area contributed by atoms with Crippen LogP contribution in [0, 0.1) is 17.5 Å². The van der Waals surface area contributed by atoms with Crippen LogP contribution in [0.3, 0.4) is 0 Å². The second-order valence-electron chi connectivity index (χ2n) is 5.76. The predicted octanol–water partition coefficient (Wildman–Crippen LogP) is 2.41. The van der Waals surface area contributed by atoms with Crippen LogP contribution in [0.25, 0.3) is 0 Å². The fourth-order valence-electron chi connectivity index (χ4n) is 2.17. The number of amides is 2. The lowest BCUT2D eigenvalue weighted by Gasteiger charge is -2.14. The molecular formula is C19H17F3N2O5. The Morgan fingerprint density at radius 3 is 2.48 bits per heavy atom. The van der Waals surface area contributed by atoms with Crippen LogP contribution in [0.2, 0.25) is 0 Å². The minimum Gasteiger partial charge on any atom is -0.497 e. The number of rotatable bonds is 7. The molecule has 0 aromatic heterocycles. The summed E-state index contributed by atoms with van der Waals surface area (Å²) in [4.78, 5) is 35.8. The minimum atomic E-state index is -1.74. The Hall–Kier alpha value is -3.56. The molecule has 2 rings (SSSR count). The van der Waals surface area contributed by atoms with Gasteiger partial charge in [0.15, 0.2) is 23.6 Å². The Morgan fingerprint density at radius 2 is 1.79 bits per heavy atom. The lowest BCUT2D eigenvalue weighted by atomic mass is 10.2. The van der Waals surface area contributed by atoms with Gasteiger partial charge >= 0.3 is 5.97 Å². The van der Waals surface area contributed by atoms with E-state index in [1.807, 2.05) is 5.32 Å². The molecule has 29 heavy (non-hydrogen) atoms. The standard InChI is InChI=1S/C19H17F3N2O5/c1-10(18(26)24-14-7-6-13(20)16(21)17(14)22)29-15(25)9-23-19(27)11-4-3-5-12(8-11)28-2/h3-8,10H,9H2,1-2H3,(H,23,27)(H,24,26)/t10-/m1/s1. The quantitative estimate of drug-likeness (QED) is 0.540. The van der Waals surface area contributed by atoms with Gasteiger partial charge in [0, 0.05) is 5.56 Å². The van der Waals surface area contributed by atoms with Gasteiger partial charge in [0.05, 0.1) is 12.8 Å². The number of esters is 1. The van der Waals surface area contributed by atoms with E-state index in [4.69, 9.17) is 9.47 Å². The third-order valence-electron chi connectivity index (χ3n) is 3.70. The number of carbonyl (C=O) groups excluding carboxylic acids is 3. The third-order valence-corrected chi connectivity index (χ3v) is 3.70. The first-order valence-electron chi connectivity index (χ1n) is 8.29. The summed E-state index contributed by atoms with van der Waals surface area (Å²) in [5.74, 6) is -6.75. The van der Waals surface area contributed by atoms with Gasteiger partial charge in [-0.05, 0) is 37.3 Å². The fraction of sp³-hybridized carbons (Fsp3) is 0.211. The largest absolute Gasteiger partial charge is 0.497 e. The first kappa shape index (κ1) is 21.7. The Kier molecular flexibility index (Phi) is 7.18. The lowest BCUT2D eigenvalue weighted by molar-refractivity contribution is -0.152. The molecule has 10 heteroatoms. The molecule has 0 saturated heterocycles. The topological polar surface area (TPSA) is 93.7 Å². The number of nitrogens with one attached hydrogen (secondary N) is 2. The smallest absolute Gasteiger partial charge is 0.326 e. The second kappa shape index (κ2) is 9.58. The van der Waals surface area contributed by atoms with Crippen molar-refractivity contribution in [3.63, 3.8) is 0 Å². The Balaban J connectivity index is 1.87. The van der Waals surface area contributed by atoms with Gasteiger partial charge in [-0.2, -0.15) is 0 Å². The SMILES string of the molecule is COc1cccc(C(=O)NCC(=O)O[C@H](C)C(=O)Nc2ccc(F)c(F)c2F)c1. The molecule has 0 spiro atoms. The highest BCUT2D eigenvalue weighted by Crippen LogP contribution is 2.20. The van der Waals surface area contributed by atoms with Gasteiger partial charge in [-0.3, -0.25) is 14.4 Å². The highest BCUT2D eigenvalue weighted by molar-refractivity contribution is 5.97. The van der Waals surface area contributed by atoms with Crippen LogP contribution in [-0.2, 0) is 14.3 Å². The van der Waals surface area contributed by atoms with E-state index in [0.29, 0.717) is 11.8 Å². The van der Waals surface area contributed by atoms with Crippen molar-refractivity contribution in [1.29, 1.82) is 0 Å². The Labute approximate surface area is 163 Å². The monoisotopic (exact) mass is 410 g/mol. The van der Waals surface area contributed by atoms with Crippen LogP contribution in [0.15, 0.2) is 36.4 Å². The van der Waals surface area contributed by atoms with Gasteiger partial charge in [-0.25, -0.2) is 13.2 Å². The average Bonchev–Trinajstić information content (AvgIpc) is 2.72. The number of ether oxygens (including phenoxy) is 2. The number of carbonyl (C=O) groups is 3. The van der Waals surface area contributed by atoms with Crippen molar-refractivity contribution < 1.29 is 37.0 Å². The average molecular weight is 410 g/mol. The van der Waals surface area contributed by atoms with E-state index in [2.05, 4.69) is 5.32 Å². The summed E-state index contributed by atoms with van der Waals surface area (Å²) in [7, 11) is 1.44. The molecule has 0 bridgehead atoms. The van der Waals surface area contributed by atoms with E-state index >= 15 is 0 Å². The molecule has 7 nitrogen and oxygen atoms in total. The lowest BCUT2D eigenvalue weighted by Crippen LogP contribution is -2.36. The maximum atomic E-state index is 13.6. The van der Waals surface area contributed by atoms with Crippen molar-refractivity contribution in [2.24, 2.45) is 0 Å². The molecule has 2 aromatic rings. The summed E-state index contributed by atoms with van der Waals surface area (Å²) in [6.45, 7) is 0.655. The summed E-state index contributed by atoms with van der Waals surface area (Å²) in [5, 5.41) is 4.30. The van der Waals surface area contributed by atoms with Gasteiger partial charge in [0.1, 0.15) is 12.3 Å². The first-order valence-corrected chi connectivity index (χ1v) is 8.29. The van der Waals surface area contributed by atoms with Crippen LogP contribution in [0.4, 0.5) is 18.9 Å². The molecule has 154 valence electrons. The van der Waals surface area contributed by atoms with Crippen molar-refractivity contribution in [1.82, 2.24) is 5.32 Å². The fourth-order valence-corrected chi connectivity index (χ4v) is 2.17. The molecule has 0 heterocycles. The summed E-state index contributed by atoms with van der Waals surface area (Å²) < 4.78 is 49.5.